The number of hydrogen-bond acceptors (Lipinski definition) is 3. The van der Waals surface area contributed by atoms with Crippen LogP contribution in [0, 0.1) is 0 Å². The molecular weight excluding hydrogens is 281 g/mol. The molecule has 0 saturated heterocycles. The predicted octanol–water partition coefficient (Wildman–Crippen LogP) is 0.657. The second-order valence-electron chi connectivity index (χ2n) is 3.94. The third-order valence-electron chi connectivity index (χ3n) is 2.28. The summed E-state index contributed by atoms with van der Waals surface area (Å²) in [5, 5.41) is 12.9. The van der Waals surface area contributed by atoms with Gasteiger partial charge in [0.15, 0.2) is 0 Å². The van der Waals surface area contributed by atoms with Crippen LogP contribution in [0.3, 0.4) is 0 Å². The van der Waals surface area contributed by atoms with Crippen LogP contribution in [0.5, 0.6) is 0 Å². The minimum atomic E-state index is -4.38. The zero-order valence-corrected chi connectivity index (χ0v) is 10.2. The van der Waals surface area contributed by atoms with Crippen LogP contribution >= 0.6 is 0 Å². The number of aliphatic carboxylic acids is 1. The summed E-state index contributed by atoms with van der Waals surface area (Å²) in [5.41, 5.74) is 0.480. The van der Waals surface area contributed by atoms with Crippen molar-refractivity contribution in [2.45, 2.75) is 25.1 Å². The number of amides is 2. The lowest BCUT2D eigenvalue weighted by Gasteiger charge is -2.14. The molecule has 2 amide bonds. The van der Waals surface area contributed by atoms with E-state index in [9.17, 15) is 22.8 Å². The van der Waals surface area contributed by atoms with Crippen molar-refractivity contribution < 1.29 is 27.9 Å². The van der Waals surface area contributed by atoms with E-state index in [4.69, 9.17) is 5.11 Å². The van der Waals surface area contributed by atoms with Gasteiger partial charge in [-0.1, -0.05) is 0 Å². The molecule has 0 bridgehead atoms. The quantitative estimate of drug-likeness (QED) is 0.618. The molecule has 10 heteroatoms. The maximum Gasteiger partial charge on any atom is 0.390 e. The zero-order valence-electron chi connectivity index (χ0n) is 10.2. The Bertz CT molecular complexity index is 447. The first-order valence-corrected chi connectivity index (χ1v) is 5.59. The summed E-state index contributed by atoms with van der Waals surface area (Å²) >= 11 is 0. The maximum absolute atomic E-state index is 11.9. The van der Waals surface area contributed by atoms with Crippen LogP contribution in [-0.2, 0) is 11.2 Å². The molecule has 0 aliphatic heterocycles. The van der Waals surface area contributed by atoms with Gasteiger partial charge in [-0.25, -0.2) is 14.6 Å². The SMILES string of the molecule is O=C(NCCC(F)(F)F)NC(Cc1cnc[nH]1)C(=O)O. The highest BCUT2D eigenvalue weighted by Crippen LogP contribution is 2.17. The molecule has 1 atom stereocenters. The summed E-state index contributed by atoms with van der Waals surface area (Å²) in [6, 6.07) is -2.23. The zero-order chi connectivity index (χ0) is 15.2. The number of imidazole rings is 1. The largest absolute Gasteiger partial charge is 0.480 e. The summed E-state index contributed by atoms with van der Waals surface area (Å²) in [6.07, 6.45) is -2.88. The minimum absolute atomic E-state index is 0.0535. The lowest BCUT2D eigenvalue weighted by Crippen LogP contribution is -2.47. The first kappa shape index (κ1) is 15.8. The van der Waals surface area contributed by atoms with Crippen molar-refractivity contribution in [2.24, 2.45) is 0 Å². The molecule has 112 valence electrons. The molecule has 1 heterocycles. The van der Waals surface area contributed by atoms with Gasteiger partial charge in [-0.05, 0) is 0 Å². The van der Waals surface area contributed by atoms with Crippen LogP contribution in [0.2, 0.25) is 0 Å². The predicted molar refractivity (Wildman–Crippen MR) is 60.9 cm³/mol. The number of alkyl halides is 3. The van der Waals surface area contributed by atoms with E-state index in [1.54, 1.807) is 0 Å². The summed E-state index contributed by atoms with van der Waals surface area (Å²) in [7, 11) is 0. The van der Waals surface area contributed by atoms with Gasteiger partial charge in [0, 0.05) is 24.9 Å². The second kappa shape index (κ2) is 6.78. The van der Waals surface area contributed by atoms with Gasteiger partial charge in [0.05, 0.1) is 12.7 Å². The van der Waals surface area contributed by atoms with Crippen LogP contribution in [0.25, 0.3) is 0 Å². The van der Waals surface area contributed by atoms with E-state index < -0.39 is 37.2 Å². The van der Waals surface area contributed by atoms with Crippen molar-refractivity contribution in [3.05, 3.63) is 18.2 Å². The average molecular weight is 294 g/mol. The maximum atomic E-state index is 11.9. The molecule has 0 saturated carbocycles. The lowest BCUT2D eigenvalue weighted by atomic mass is 10.2. The Balaban J connectivity index is 2.41. The van der Waals surface area contributed by atoms with Crippen molar-refractivity contribution in [2.75, 3.05) is 6.54 Å². The Morgan fingerprint density at radius 2 is 2.15 bits per heavy atom. The number of nitrogens with one attached hydrogen (secondary N) is 3. The van der Waals surface area contributed by atoms with E-state index in [-0.39, 0.29) is 6.42 Å². The Labute approximate surface area is 111 Å². The summed E-state index contributed by atoms with van der Waals surface area (Å²) < 4.78 is 35.6. The number of carboxylic acid groups (broad SMARTS) is 1. The van der Waals surface area contributed by atoms with Crippen LogP contribution in [0.4, 0.5) is 18.0 Å². The third-order valence-corrected chi connectivity index (χ3v) is 2.28. The number of H-pyrrole nitrogens is 1. The molecule has 1 aromatic rings. The van der Waals surface area contributed by atoms with Crippen LogP contribution in [-0.4, -0.2) is 45.8 Å². The number of carboxylic acids is 1. The third kappa shape index (κ3) is 6.07. The molecule has 1 aromatic heterocycles. The Morgan fingerprint density at radius 1 is 1.45 bits per heavy atom. The van der Waals surface area contributed by atoms with Crippen molar-refractivity contribution in [3.8, 4) is 0 Å². The number of aromatic nitrogens is 2. The fourth-order valence-corrected chi connectivity index (χ4v) is 1.34. The van der Waals surface area contributed by atoms with E-state index in [0.717, 1.165) is 0 Å². The Hall–Kier alpha value is -2.26. The lowest BCUT2D eigenvalue weighted by molar-refractivity contribution is -0.139. The summed E-state index contributed by atoms with van der Waals surface area (Å²) in [4.78, 5) is 28.6. The fourth-order valence-electron chi connectivity index (χ4n) is 1.34. The number of nitrogens with zero attached hydrogens (tertiary/aromatic N) is 1. The van der Waals surface area contributed by atoms with Gasteiger partial charge in [0.1, 0.15) is 6.04 Å². The standard InChI is InChI=1S/C10H13F3N4O3/c11-10(12,13)1-2-15-9(20)17-7(8(18)19)3-6-4-14-5-16-6/h4-5,7H,1-3H2,(H,14,16)(H,18,19)(H2,15,17,20). The average Bonchev–Trinajstić information content (AvgIpc) is 2.79. The molecular formula is C10H13F3N4O3. The van der Waals surface area contributed by atoms with Crippen LogP contribution < -0.4 is 10.6 Å². The Morgan fingerprint density at radius 3 is 2.65 bits per heavy atom. The fraction of sp³-hybridized carbons (Fsp3) is 0.500. The Kier molecular flexibility index (Phi) is 5.35. The molecule has 0 spiro atoms. The van der Waals surface area contributed by atoms with Gasteiger partial charge in [0.2, 0.25) is 0 Å². The van der Waals surface area contributed by atoms with E-state index in [1.807, 2.05) is 5.32 Å². The van der Waals surface area contributed by atoms with Gasteiger partial charge >= 0.3 is 18.2 Å². The summed E-state index contributed by atoms with van der Waals surface area (Å²) in [6.45, 7) is -0.619. The molecule has 0 radical (unpaired) electrons. The highest BCUT2D eigenvalue weighted by Gasteiger charge is 2.27. The minimum Gasteiger partial charge on any atom is -0.480 e. The van der Waals surface area contributed by atoms with Crippen LogP contribution in [0.15, 0.2) is 12.5 Å². The van der Waals surface area contributed by atoms with Crippen molar-refractivity contribution >= 4 is 12.0 Å². The number of carbonyl (C=O) groups is 2. The topological polar surface area (TPSA) is 107 Å². The molecule has 0 aliphatic carbocycles. The van der Waals surface area contributed by atoms with E-state index in [2.05, 4.69) is 15.3 Å². The first-order valence-electron chi connectivity index (χ1n) is 5.59. The van der Waals surface area contributed by atoms with Crippen molar-refractivity contribution in [1.29, 1.82) is 0 Å². The molecule has 4 N–H and O–H groups in total. The molecule has 1 unspecified atom stereocenters. The van der Waals surface area contributed by atoms with Gasteiger partial charge in [-0.15, -0.1) is 0 Å². The number of carbonyl (C=O) groups excluding carboxylic acids is 1. The highest BCUT2D eigenvalue weighted by atomic mass is 19.4. The molecule has 0 aliphatic rings. The molecule has 0 fully saturated rings. The molecule has 0 aromatic carbocycles. The smallest absolute Gasteiger partial charge is 0.390 e. The number of rotatable bonds is 6. The van der Waals surface area contributed by atoms with Crippen molar-refractivity contribution in [1.82, 2.24) is 20.6 Å². The highest BCUT2D eigenvalue weighted by molar-refractivity contribution is 5.82. The number of urea groups is 1. The molecule has 7 nitrogen and oxygen atoms in total. The van der Waals surface area contributed by atoms with Crippen molar-refractivity contribution in [3.63, 3.8) is 0 Å². The van der Waals surface area contributed by atoms with E-state index >= 15 is 0 Å². The van der Waals surface area contributed by atoms with Crippen LogP contribution in [0.1, 0.15) is 12.1 Å². The van der Waals surface area contributed by atoms with Gasteiger partial charge < -0.3 is 20.7 Å². The monoisotopic (exact) mass is 294 g/mol. The summed E-state index contributed by atoms with van der Waals surface area (Å²) in [5.74, 6) is -1.30. The second-order valence-corrected chi connectivity index (χ2v) is 3.94. The van der Waals surface area contributed by atoms with Gasteiger partial charge in [-0.2, -0.15) is 13.2 Å². The van der Waals surface area contributed by atoms with E-state index in [1.165, 1.54) is 12.5 Å². The van der Waals surface area contributed by atoms with Gasteiger partial charge in [0.25, 0.3) is 0 Å². The molecule has 1 rings (SSSR count). The number of halogens is 3. The molecule has 20 heavy (non-hydrogen) atoms. The number of aromatic amines is 1. The first-order chi connectivity index (χ1) is 9.28. The van der Waals surface area contributed by atoms with Gasteiger partial charge in [-0.3, -0.25) is 0 Å². The van der Waals surface area contributed by atoms with E-state index in [0.29, 0.717) is 5.69 Å². The number of hydrogen-bond donors (Lipinski definition) is 4. The normalized spacial score (nSPS) is 12.8.